The molecule has 0 bridgehead atoms. The normalized spacial score (nSPS) is 10.8. The summed E-state index contributed by atoms with van der Waals surface area (Å²) >= 11 is 4.30. The van der Waals surface area contributed by atoms with Gasteiger partial charge in [-0.3, -0.25) is 15.5 Å². The Hall–Kier alpha value is -2.20. The number of hydrazone groups is 1. The van der Waals surface area contributed by atoms with Gasteiger partial charge in [-0.05, 0) is 15.9 Å². The van der Waals surface area contributed by atoms with Crippen molar-refractivity contribution < 1.29 is 10.0 Å². The van der Waals surface area contributed by atoms with Crippen molar-refractivity contribution in [2.45, 2.75) is 0 Å². The summed E-state index contributed by atoms with van der Waals surface area (Å²) in [5, 5.41) is 26.5. The maximum Gasteiger partial charge on any atom is 0.271 e. The number of thiazole rings is 1. The number of non-ortho nitro benzene ring substituents is 1. The topological polar surface area (TPSA) is 127 Å². The van der Waals surface area contributed by atoms with Gasteiger partial charge in [0.05, 0.1) is 15.6 Å². The summed E-state index contributed by atoms with van der Waals surface area (Å²) in [6, 6.07) is 2.42. The fraction of sp³-hybridized carbons (Fsp3) is 0. The van der Waals surface area contributed by atoms with Crippen LogP contribution in [0.15, 0.2) is 27.1 Å². The Balaban J connectivity index is 2.21. The molecule has 0 unspecified atom stereocenters. The molecule has 4 N–H and O–H groups in total. The molecule has 8 nitrogen and oxygen atoms in total. The van der Waals surface area contributed by atoms with Gasteiger partial charge in [0.25, 0.3) is 5.69 Å². The molecule has 0 saturated carbocycles. The smallest absolute Gasteiger partial charge is 0.271 e. The molecular formula is C10H8BrN5O3S. The number of nitrogens with one attached hydrogen (secondary N) is 1. The van der Waals surface area contributed by atoms with E-state index in [-0.39, 0.29) is 21.5 Å². The van der Waals surface area contributed by atoms with Crippen LogP contribution in [0, 0.1) is 10.1 Å². The van der Waals surface area contributed by atoms with Crippen LogP contribution in [0.2, 0.25) is 0 Å². The molecule has 1 heterocycles. The van der Waals surface area contributed by atoms with E-state index in [2.05, 4.69) is 31.4 Å². The average molecular weight is 358 g/mol. The molecule has 1 aromatic carbocycles. The zero-order chi connectivity index (χ0) is 14.7. The van der Waals surface area contributed by atoms with Gasteiger partial charge in [-0.1, -0.05) is 0 Å². The summed E-state index contributed by atoms with van der Waals surface area (Å²) in [7, 11) is 0. The number of nitrogens with zero attached hydrogens (tertiary/aromatic N) is 3. The van der Waals surface area contributed by atoms with E-state index >= 15 is 0 Å². The van der Waals surface area contributed by atoms with E-state index in [1.807, 2.05) is 0 Å². The Labute approximate surface area is 125 Å². The van der Waals surface area contributed by atoms with Gasteiger partial charge in [0.2, 0.25) is 5.13 Å². The quantitative estimate of drug-likeness (QED) is 0.438. The molecule has 0 spiro atoms. The minimum absolute atomic E-state index is 0.139. The Bertz CT molecular complexity index is 688. The number of hydrogen-bond donors (Lipinski definition) is 3. The molecule has 2 aromatic rings. The maximum atomic E-state index is 10.7. The standard InChI is InChI=1S/C10H8BrN5O3S/c11-7-2-6(16(18)19)1-5(9(7)17)3-13-15-10-14-8(12)4-20-10/h1-4,17H,12H2,(H,14,15). The lowest BCUT2D eigenvalue weighted by Crippen LogP contribution is -1.94. The van der Waals surface area contributed by atoms with Crippen LogP contribution in [0.1, 0.15) is 5.56 Å². The molecule has 1 aromatic heterocycles. The van der Waals surface area contributed by atoms with E-state index < -0.39 is 4.92 Å². The average Bonchev–Trinajstić information content (AvgIpc) is 2.80. The molecule has 2 rings (SSSR count). The molecular weight excluding hydrogens is 350 g/mol. The maximum absolute atomic E-state index is 10.7. The second kappa shape index (κ2) is 5.84. The van der Waals surface area contributed by atoms with Crippen molar-refractivity contribution in [3.8, 4) is 5.75 Å². The van der Waals surface area contributed by atoms with E-state index in [0.29, 0.717) is 10.9 Å². The highest BCUT2D eigenvalue weighted by atomic mass is 79.9. The molecule has 0 radical (unpaired) electrons. The van der Waals surface area contributed by atoms with Gasteiger partial charge in [-0.25, -0.2) is 4.98 Å². The molecule has 0 atom stereocenters. The molecule has 0 aliphatic carbocycles. The number of phenolic OH excluding ortho intramolecular Hbond substituents is 1. The first kappa shape index (κ1) is 14.2. The van der Waals surface area contributed by atoms with Gasteiger partial charge < -0.3 is 10.8 Å². The largest absolute Gasteiger partial charge is 0.506 e. The number of hydrogen-bond acceptors (Lipinski definition) is 8. The lowest BCUT2D eigenvalue weighted by molar-refractivity contribution is -0.385. The lowest BCUT2D eigenvalue weighted by atomic mass is 10.2. The minimum atomic E-state index is -0.559. The van der Waals surface area contributed by atoms with Gasteiger partial charge in [0, 0.05) is 23.1 Å². The van der Waals surface area contributed by atoms with Gasteiger partial charge in [-0.2, -0.15) is 5.10 Å². The SMILES string of the molecule is Nc1csc(NN=Cc2cc([N+](=O)[O-])cc(Br)c2O)n1. The van der Waals surface area contributed by atoms with Crippen LogP contribution in [0.5, 0.6) is 5.75 Å². The number of aromatic nitrogens is 1. The van der Waals surface area contributed by atoms with Crippen LogP contribution in [-0.2, 0) is 0 Å². The van der Waals surface area contributed by atoms with E-state index in [1.165, 1.54) is 29.7 Å². The molecule has 0 saturated heterocycles. The van der Waals surface area contributed by atoms with Crippen molar-refractivity contribution >= 4 is 50.1 Å². The summed E-state index contributed by atoms with van der Waals surface area (Å²) in [4.78, 5) is 14.1. The highest BCUT2D eigenvalue weighted by molar-refractivity contribution is 9.10. The third-order valence-corrected chi connectivity index (χ3v) is 3.54. The van der Waals surface area contributed by atoms with Crippen LogP contribution in [0.4, 0.5) is 16.6 Å². The number of nitro groups is 1. The molecule has 10 heteroatoms. The van der Waals surface area contributed by atoms with E-state index in [9.17, 15) is 15.2 Å². The van der Waals surface area contributed by atoms with Gasteiger partial charge in [-0.15, -0.1) is 11.3 Å². The predicted octanol–water partition coefficient (Wildman–Crippen LogP) is 2.55. The van der Waals surface area contributed by atoms with Crippen LogP contribution in [-0.4, -0.2) is 21.2 Å². The van der Waals surface area contributed by atoms with Crippen molar-refractivity contribution in [2.75, 3.05) is 11.2 Å². The summed E-state index contributed by atoms with van der Waals surface area (Å²) in [6.45, 7) is 0. The van der Waals surface area contributed by atoms with E-state index in [1.54, 1.807) is 5.38 Å². The molecule has 104 valence electrons. The zero-order valence-corrected chi connectivity index (χ0v) is 12.2. The van der Waals surface area contributed by atoms with Crippen molar-refractivity contribution in [1.29, 1.82) is 0 Å². The first-order valence-corrected chi connectivity index (χ1v) is 6.81. The van der Waals surface area contributed by atoms with Crippen LogP contribution in [0.3, 0.4) is 0 Å². The first-order valence-electron chi connectivity index (χ1n) is 5.14. The molecule has 0 fully saturated rings. The lowest BCUT2D eigenvalue weighted by Gasteiger charge is -2.01. The number of anilines is 2. The number of benzene rings is 1. The minimum Gasteiger partial charge on any atom is -0.506 e. The number of nitrogen functional groups attached to an aromatic ring is 1. The predicted molar refractivity (Wildman–Crippen MR) is 80.2 cm³/mol. The monoisotopic (exact) mass is 357 g/mol. The van der Waals surface area contributed by atoms with Gasteiger partial charge >= 0.3 is 0 Å². The number of halogens is 1. The Morgan fingerprint density at radius 1 is 1.60 bits per heavy atom. The molecule has 0 amide bonds. The molecule has 20 heavy (non-hydrogen) atoms. The van der Waals surface area contributed by atoms with Crippen molar-refractivity contribution in [3.05, 3.63) is 37.7 Å². The summed E-state index contributed by atoms with van der Waals surface area (Å²) in [5.41, 5.74) is 8.09. The van der Waals surface area contributed by atoms with E-state index in [4.69, 9.17) is 5.73 Å². The summed E-state index contributed by atoms with van der Waals surface area (Å²) < 4.78 is 0.214. The van der Waals surface area contributed by atoms with Gasteiger partial charge in [0.1, 0.15) is 11.6 Å². The second-order valence-electron chi connectivity index (χ2n) is 3.57. The summed E-state index contributed by atoms with van der Waals surface area (Å²) in [6.07, 6.45) is 1.25. The highest BCUT2D eigenvalue weighted by Crippen LogP contribution is 2.31. The third-order valence-electron chi connectivity index (χ3n) is 2.17. The number of rotatable bonds is 4. The number of aromatic hydroxyl groups is 1. The van der Waals surface area contributed by atoms with Crippen molar-refractivity contribution in [1.82, 2.24) is 4.98 Å². The fourth-order valence-corrected chi connectivity index (χ4v) is 2.32. The van der Waals surface area contributed by atoms with Crippen LogP contribution < -0.4 is 11.2 Å². The van der Waals surface area contributed by atoms with Gasteiger partial charge in [0.15, 0.2) is 0 Å². The number of phenols is 1. The zero-order valence-electron chi connectivity index (χ0n) is 9.78. The Morgan fingerprint density at radius 2 is 2.35 bits per heavy atom. The fourth-order valence-electron chi connectivity index (χ4n) is 1.30. The van der Waals surface area contributed by atoms with Crippen LogP contribution in [0.25, 0.3) is 0 Å². The third kappa shape index (κ3) is 3.22. The Kier molecular flexibility index (Phi) is 4.15. The number of nitrogens with two attached hydrogens (primary N) is 1. The summed E-state index contributed by atoms with van der Waals surface area (Å²) in [5.74, 6) is 0.230. The first-order chi connectivity index (χ1) is 9.47. The molecule has 0 aliphatic rings. The Morgan fingerprint density at radius 3 is 2.95 bits per heavy atom. The number of nitro benzene ring substituents is 1. The van der Waals surface area contributed by atoms with Crippen molar-refractivity contribution in [2.24, 2.45) is 5.10 Å². The second-order valence-corrected chi connectivity index (χ2v) is 5.28. The van der Waals surface area contributed by atoms with Crippen molar-refractivity contribution in [3.63, 3.8) is 0 Å². The van der Waals surface area contributed by atoms with E-state index in [0.717, 1.165) is 0 Å². The van der Waals surface area contributed by atoms with Crippen LogP contribution >= 0.6 is 27.3 Å². The molecule has 0 aliphatic heterocycles. The highest BCUT2D eigenvalue weighted by Gasteiger charge is 2.13.